The van der Waals surface area contributed by atoms with E-state index in [-0.39, 0.29) is 0 Å². The van der Waals surface area contributed by atoms with Gasteiger partial charge in [-0.15, -0.1) is 0 Å². The van der Waals surface area contributed by atoms with Gasteiger partial charge in [-0.05, 0) is 19.8 Å². The van der Waals surface area contributed by atoms with Crippen LogP contribution in [0.15, 0.2) is 6.07 Å². The van der Waals surface area contributed by atoms with Gasteiger partial charge in [-0.1, -0.05) is 26.7 Å². The Balaban J connectivity index is 2.63. The zero-order valence-corrected chi connectivity index (χ0v) is 11.2. The summed E-state index contributed by atoms with van der Waals surface area (Å²) in [5, 5.41) is 3.39. The summed E-state index contributed by atoms with van der Waals surface area (Å²) in [7, 11) is 0. The number of aromatic nitrogens is 2. The van der Waals surface area contributed by atoms with Crippen LogP contribution in [0.25, 0.3) is 0 Å². The zero-order chi connectivity index (χ0) is 12.7. The summed E-state index contributed by atoms with van der Waals surface area (Å²) in [6.07, 6.45) is 5.52. The Morgan fingerprint density at radius 2 is 2.06 bits per heavy atom. The molecule has 4 nitrogen and oxygen atoms in total. The number of anilines is 2. The molecule has 0 saturated heterocycles. The normalized spacial score (nSPS) is 12.4. The summed E-state index contributed by atoms with van der Waals surface area (Å²) < 4.78 is 0. The van der Waals surface area contributed by atoms with E-state index < -0.39 is 0 Å². The van der Waals surface area contributed by atoms with Crippen molar-refractivity contribution in [2.45, 2.75) is 58.9 Å². The molecule has 0 aliphatic heterocycles. The topological polar surface area (TPSA) is 63.8 Å². The number of hydrogen-bond donors (Lipinski definition) is 2. The third-order valence-corrected chi connectivity index (χ3v) is 2.65. The maximum Gasteiger partial charge on any atom is 0.133 e. The van der Waals surface area contributed by atoms with E-state index in [1.165, 1.54) is 12.8 Å². The summed E-state index contributed by atoms with van der Waals surface area (Å²) in [4.78, 5) is 8.69. The number of nitrogens with one attached hydrogen (secondary N) is 1. The van der Waals surface area contributed by atoms with Crippen LogP contribution in [0, 0.1) is 0 Å². The molecule has 1 aromatic heterocycles. The van der Waals surface area contributed by atoms with Crippen molar-refractivity contribution < 1.29 is 0 Å². The first kappa shape index (κ1) is 13.7. The van der Waals surface area contributed by atoms with Crippen molar-refractivity contribution in [2.75, 3.05) is 11.1 Å². The van der Waals surface area contributed by atoms with Gasteiger partial charge in [0.2, 0.25) is 0 Å². The van der Waals surface area contributed by atoms with Gasteiger partial charge in [-0.2, -0.15) is 0 Å². The van der Waals surface area contributed by atoms with Crippen LogP contribution in [0.3, 0.4) is 0 Å². The molecule has 3 N–H and O–H groups in total. The molecule has 0 aliphatic carbocycles. The van der Waals surface area contributed by atoms with E-state index in [4.69, 9.17) is 5.73 Å². The Morgan fingerprint density at radius 3 is 2.71 bits per heavy atom. The van der Waals surface area contributed by atoms with Gasteiger partial charge in [0.1, 0.15) is 17.5 Å². The lowest BCUT2D eigenvalue weighted by Gasteiger charge is -2.14. The SMILES string of the molecule is CCCCC(C)Nc1cc(N)nc(CCC)n1. The van der Waals surface area contributed by atoms with E-state index in [0.717, 1.165) is 30.9 Å². The van der Waals surface area contributed by atoms with E-state index in [1.54, 1.807) is 0 Å². The fourth-order valence-electron chi connectivity index (χ4n) is 1.76. The quantitative estimate of drug-likeness (QED) is 0.764. The summed E-state index contributed by atoms with van der Waals surface area (Å²) in [6.45, 7) is 6.49. The van der Waals surface area contributed by atoms with Crippen LogP contribution >= 0.6 is 0 Å². The molecular weight excluding hydrogens is 212 g/mol. The second-order valence-corrected chi connectivity index (χ2v) is 4.53. The van der Waals surface area contributed by atoms with Gasteiger partial charge >= 0.3 is 0 Å². The molecule has 4 heteroatoms. The summed E-state index contributed by atoms with van der Waals surface area (Å²) in [6, 6.07) is 2.24. The van der Waals surface area contributed by atoms with Gasteiger partial charge in [0, 0.05) is 18.5 Å². The van der Waals surface area contributed by atoms with Gasteiger partial charge in [-0.3, -0.25) is 0 Å². The molecule has 1 aromatic rings. The number of rotatable bonds is 7. The fourth-order valence-corrected chi connectivity index (χ4v) is 1.76. The highest BCUT2D eigenvalue weighted by atomic mass is 15.1. The summed E-state index contributed by atoms with van der Waals surface area (Å²) in [5.74, 6) is 2.23. The maximum absolute atomic E-state index is 5.77. The molecular formula is C13H24N4. The van der Waals surface area contributed by atoms with Crippen molar-refractivity contribution in [3.8, 4) is 0 Å². The molecule has 17 heavy (non-hydrogen) atoms. The van der Waals surface area contributed by atoms with Crippen molar-refractivity contribution in [2.24, 2.45) is 0 Å². The van der Waals surface area contributed by atoms with Crippen LogP contribution in [0.2, 0.25) is 0 Å². The molecule has 0 radical (unpaired) electrons. The molecule has 0 bridgehead atoms. The number of aryl methyl sites for hydroxylation is 1. The largest absolute Gasteiger partial charge is 0.384 e. The maximum atomic E-state index is 5.77. The average molecular weight is 236 g/mol. The van der Waals surface area contributed by atoms with Crippen molar-refractivity contribution in [1.29, 1.82) is 0 Å². The van der Waals surface area contributed by atoms with E-state index in [9.17, 15) is 0 Å². The molecule has 0 fully saturated rings. The minimum absolute atomic E-state index is 0.429. The Hall–Kier alpha value is -1.32. The Bertz CT molecular complexity index is 338. The number of nitrogens with two attached hydrogens (primary N) is 1. The smallest absolute Gasteiger partial charge is 0.133 e. The Kier molecular flexibility index (Phi) is 5.73. The molecule has 1 heterocycles. The first-order valence-electron chi connectivity index (χ1n) is 6.55. The lowest BCUT2D eigenvalue weighted by atomic mass is 10.1. The highest BCUT2D eigenvalue weighted by Crippen LogP contribution is 2.12. The van der Waals surface area contributed by atoms with Crippen LogP contribution < -0.4 is 11.1 Å². The molecule has 1 rings (SSSR count). The molecule has 0 amide bonds. The molecule has 0 aromatic carbocycles. The van der Waals surface area contributed by atoms with Crippen LogP contribution in [0.1, 0.15) is 52.3 Å². The second kappa shape index (κ2) is 7.09. The van der Waals surface area contributed by atoms with Gasteiger partial charge in [0.25, 0.3) is 0 Å². The standard InChI is InChI=1S/C13H24N4/c1-4-6-8-10(3)15-13-9-11(14)16-12(17-13)7-5-2/h9-10H,4-8H2,1-3H3,(H3,14,15,16,17). The first-order chi connectivity index (χ1) is 8.15. The monoisotopic (exact) mass is 236 g/mol. The summed E-state index contributed by atoms with van der Waals surface area (Å²) >= 11 is 0. The first-order valence-corrected chi connectivity index (χ1v) is 6.55. The number of hydrogen-bond acceptors (Lipinski definition) is 4. The third-order valence-electron chi connectivity index (χ3n) is 2.65. The number of nitrogens with zero attached hydrogens (tertiary/aromatic N) is 2. The van der Waals surface area contributed by atoms with Gasteiger partial charge < -0.3 is 11.1 Å². The van der Waals surface area contributed by atoms with Gasteiger partial charge in [0.15, 0.2) is 0 Å². The van der Waals surface area contributed by atoms with E-state index in [1.807, 2.05) is 6.07 Å². The highest BCUT2D eigenvalue weighted by molar-refractivity contribution is 5.45. The van der Waals surface area contributed by atoms with E-state index in [0.29, 0.717) is 11.9 Å². The molecule has 0 saturated carbocycles. The molecule has 1 atom stereocenters. The summed E-state index contributed by atoms with van der Waals surface area (Å²) in [5.41, 5.74) is 5.77. The van der Waals surface area contributed by atoms with E-state index >= 15 is 0 Å². The average Bonchev–Trinajstić information content (AvgIpc) is 2.26. The van der Waals surface area contributed by atoms with Gasteiger partial charge in [0.05, 0.1) is 0 Å². The van der Waals surface area contributed by atoms with Crippen molar-refractivity contribution in [3.05, 3.63) is 11.9 Å². The fraction of sp³-hybridized carbons (Fsp3) is 0.692. The van der Waals surface area contributed by atoms with Crippen molar-refractivity contribution in [1.82, 2.24) is 9.97 Å². The predicted molar refractivity (Wildman–Crippen MR) is 73.0 cm³/mol. The lowest BCUT2D eigenvalue weighted by Crippen LogP contribution is -2.17. The van der Waals surface area contributed by atoms with Crippen LogP contribution in [-0.2, 0) is 6.42 Å². The minimum Gasteiger partial charge on any atom is -0.384 e. The highest BCUT2D eigenvalue weighted by Gasteiger charge is 2.05. The van der Waals surface area contributed by atoms with E-state index in [2.05, 4.69) is 36.1 Å². The predicted octanol–water partition coefficient (Wildman–Crippen LogP) is 3.00. The van der Waals surface area contributed by atoms with Crippen LogP contribution in [0.4, 0.5) is 11.6 Å². The van der Waals surface area contributed by atoms with Crippen molar-refractivity contribution in [3.63, 3.8) is 0 Å². The zero-order valence-electron chi connectivity index (χ0n) is 11.2. The Labute approximate surface area is 104 Å². The third kappa shape index (κ3) is 5.02. The molecule has 0 aliphatic rings. The van der Waals surface area contributed by atoms with Crippen LogP contribution in [0.5, 0.6) is 0 Å². The molecule has 1 unspecified atom stereocenters. The number of unbranched alkanes of at least 4 members (excludes halogenated alkanes) is 1. The minimum atomic E-state index is 0.429. The number of nitrogen functional groups attached to an aromatic ring is 1. The lowest BCUT2D eigenvalue weighted by molar-refractivity contribution is 0.642. The second-order valence-electron chi connectivity index (χ2n) is 4.53. The Morgan fingerprint density at radius 1 is 1.29 bits per heavy atom. The van der Waals surface area contributed by atoms with Crippen LogP contribution in [-0.4, -0.2) is 16.0 Å². The molecule has 0 spiro atoms. The van der Waals surface area contributed by atoms with Crippen molar-refractivity contribution >= 4 is 11.6 Å². The molecule has 96 valence electrons. The van der Waals surface area contributed by atoms with Gasteiger partial charge in [-0.25, -0.2) is 9.97 Å².